The van der Waals surface area contributed by atoms with Crippen molar-refractivity contribution in [1.82, 2.24) is 0 Å². The molecule has 1 rings (SSSR count). The Morgan fingerprint density at radius 1 is 1.64 bits per heavy atom. The van der Waals surface area contributed by atoms with E-state index in [0.717, 1.165) is 5.76 Å². The summed E-state index contributed by atoms with van der Waals surface area (Å²) in [5.41, 5.74) is 0. The van der Waals surface area contributed by atoms with Gasteiger partial charge in [-0.05, 0) is 25.1 Å². The molecular formula is C8H7NO2. The van der Waals surface area contributed by atoms with Crippen molar-refractivity contribution in [2.45, 2.75) is 6.92 Å². The Bertz CT molecular complexity index is 306. The maximum Gasteiger partial charge on any atom is 0.239 e. The number of carbonyl (C=O) groups excluding carboxylic acids is 1. The number of isocyanates is 1. The second-order valence-electron chi connectivity index (χ2n) is 1.98. The molecule has 0 aromatic carbocycles. The third-order valence-corrected chi connectivity index (χ3v) is 1.13. The third kappa shape index (κ3) is 2.24. The van der Waals surface area contributed by atoms with E-state index in [-0.39, 0.29) is 0 Å². The number of nitrogens with zero attached hydrogens (tertiary/aromatic N) is 1. The first-order valence-corrected chi connectivity index (χ1v) is 3.13. The molecule has 3 heteroatoms. The highest BCUT2D eigenvalue weighted by atomic mass is 16.3. The van der Waals surface area contributed by atoms with E-state index in [2.05, 4.69) is 4.99 Å². The Hall–Kier alpha value is -1.60. The van der Waals surface area contributed by atoms with Gasteiger partial charge in [0.1, 0.15) is 11.5 Å². The maximum atomic E-state index is 9.63. The van der Waals surface area contributed by atoms with Crippen LogP contribution in [0.3, 0.4) is 0 Å². The fourth-order valence-corrected chi connectivity index (χ4v) is 0.684. The molecule has 0 saturated heterocycles. The minimum Gasteiger partial charge on any atom is -0.462 e. The Kier molecular flexibility index (Phi) is 2.42. The van der Waals surface area contributed by atoms with Gasteiger partial charge in [-0.2, -0.15) is 4.99 Å². The van der Waals surface area contributed by atoms with Crippen LogP contribution in [0.2, 0.25) is 0 Å². The molecule has 3 nitrogen and oxygen atoms in total. The molecule has 0 radical (unpaired) electrons. The second kappa shape index (κ2) is 3.54. The molecule has 0 aliphatic rings. The molecule has 0 aliphatic heterocycles. The van der Waals surface area contributed by atoms with Gasteiger partial charge in [-0.25, -0.2) is 4.79 Å². The lowest BCUT2D eigenvalue weighted by atomic mass is 10.4. The van der Waals surface area contributed by atoms with Crippen LogP contribution in [-0.4, -0.2) is 6.08 Å². The van der Waals surface area contributed by atoms with E-state index in [0.29, 0.717) is 5.76 Å². The van der Waals surface area contributed by atoms with Gasteiger partial charge in [0.25, 0.3) is 0 Å². The van der Waals surface area contributed by atoms with Gasteiger partial charge in [-0.1, -0.05) is 0 Å². The van der Waals surface area contributed by atoms with E-state index in [9.17, 15) is 4.79 Å². The van der Waals surface area contributed by atoms with E-state index in [1.807, 2.05) is 13.0 Å². The lowest BCUT2D eigenvalue weighted by Gasteiger charge is -1.80. The fraction of sp³-hybridized carbons (Fsp3) is 0.125. The van der Waals surface area contributed by atoms with Crippen LogP contribution in [0.4, 0.5) is 0 Å². The first-order valence-electron chi connectivity index (χ1n) is 3.13. The number of aryl methyl sites for hydroxylation is 1. The first kappa shape index (κ1) is 7.51. The van der Waals surface area contributed by atoms with Gasteiger partial charge in [0, 0.05) is 6.20 Å². The summed E-state index contributed by atoms with van der Waals surface area (Å²) in [4.78, 5) is 12.9. The molecular weight excluding hydrogens is 142 g/mol. The molecule has 0 bridgehead atoms. The van der Waals surface area contributed by atoms with Crippen molar-refractivity contribution in [1.29, 1.82) is 0 Å². The Balaban J connectivity index is 2.71. The molecule has 1 aromatic rings. The smallest absolute Gasteiger partial charge is 0.239 e. The quantitative estimate of drug-likeness (QED) is 0.476. The summed E-state index contributed by atoms with van der Waals surface area (Å²) in [5, 5.41) is 0. The topological polar surface area (TPSA) is 42.6 Å². The van der Waals surface area contributed by atoms with Crippen LogP contribution in [0, 0.1) is 6.92 Å². The summed E-state index contributed by atoms with van der Waals surface area (Å²) in [6.45, 7) is 1.85. The largest absolute Gasteiger partial charge is 0.462 e. The minimum atomic E-state index is 0.682. The van der Waals surface area contributed by atoms with Gasteiger partial charge in [0.2, 0.25) is 6.08 Å². The molecule has 0 spiro atoms. The van der Waals surface area contributed by atoms with Crippen LogP contribution >= 0.6 is 0 Å². The lowest BCUT2D eigenvalue weighted by molar-refractivity contribution is 0.525. The molecule has 1 heterocycles. The predicted octanol–water partition coefficient (Wildman–Crippen LogP) is 1.89. The van der Waals surface area contributed by atoms with Crippen LogP contribution in [-0.2, 0) is 4.79 Å². The predicted molar refractivity (Wildman–Crippen MR) is 40.6 cm³/mol. The standard InChI is InChI=1S/C8H7NO2/c1-7-2-3-8(11-7)4-5-9-6-10/h2-5H,1H3/b5-4+. The molecule has 0 unspecified atom stereocenters. The van der Waals surface area contributed by atoms with Crippen molar-refractivity contribution in [3.8, 4) is 0 Å². The van der Waals surface area contributed by atoms with Gasteiger partial charge >= 0.3 is 0 Å². The van der Waals surface area contributed by atoms with Crippen LogP contribution in [0.25, 0.3) is 6.08 Å². The normalized spacial score (nSPS) is 9.91. The molecule has 11 heavy (non-hydrogen) atoms. The zero-order chi connectivity index (χ0) is 8.10. The summed E-state index contributed by atoms with van der Waals surface area (Å²) >= 11 is 0. The van der Waals surface area contributed by atoms with Crippen LogP contribution in [0.1, 0.15) is 11.5 Å². The lowest BCUT2D eigenvalue weighted by Crippen LogP contribution is -1.59. The first-order chi connectivity index (χ1) is 5.33. The SMILES string of the molecule is Cc1ccc(/C=C/N=C=O)o1. The van der Waals surface area contributed by atoms with Crippen LogP contribution in [0.5, 0.6) is 0 Å². The third-order valence-electron chi connectivity index (χ3n) is 1.13. The summed E-state index contributed by atoms with van der Waals surface area (Å²) in [6, 6.07) is 3.64. The second-order valence-corrected chi connectivity index (χ2v) is 1.98. The Morgan fingerprint density at radius 2 is 2.45 bits per heavy atom. The zero-order valence-electron chi connectivity index (χ0n) is 6.07. The van der Waals surface area contributed by atoms with E-state index in [4.69, 9.17) is 4.42 Å². The minimum absolute atomic E-state index is 0.682. The zero-order valence-corrected chi connectivity index (χ0v) is 6.07. The fourth-order valence-electron chi connectivity index (χ4n) is 0.684. The van der Waals surface area contributed by atoms with E-state index < -0.39 is 0 Å². The van der Waals surface area contributed by atoms with Crippen molar-refractivity contribution in [2.75, 3.05) is 0 Å². The highest BCUT2D eigenvalue weighted by Gasteiger charge is 1.90. The Morgan fingerprint density at radius 3 is 3.00 bits per heavy atom. The summed E-state index contributed by atoms with van der Waals surface area (Å²) in [7, 11) is 0. The van der Waals surface area contributed by atoms with Crippen molar-refractivity contribution < 1.29 is 9.21 Å². The molecule has 0 saturated carbocycles. The van der Waals surface area contributed by atoms with Crippen molar-refractivity contribution in [3.05, 3.63) is 29.9 Å². The van der Waals surface area contributed by atoms with E-state index >= 15 is 0 Å². The molecule has 0 amide bonds. The van der Waals surface area contributed by atoms with Gasteiger partial charge in [-0.3, -0.25) is 0 Å². The number of hydrogen-bond donors (Lipinski definition) is 0. The summed E-state index contributed by atoms with van der Waals surface area (Å²) < 4.78 is 5.15. The van der Waals surface area contributed by atoms with E-state index in [1.54, 1.807) is 12.1 Å². The molecule has 0 fully saturated rings. The Labute approximate surface area is 64.1 Å². The molecule has 0 N–H and O–H groups in total. The summed E-state index contributed by atoms with van der Waals surface area (Å²) in [6.07, 6.45) is 4.32. The number of aliphatic imine (C=N–C) groups is 1. The highest BCUT2D eigenvalue weighted by molar-refractivity contribution is 5.45. The van der Waals surface area contributed by atoms with Crippen molar-refractivity contribution in [3.63, 3.8) is 0 Å². The number of rotatable bonds is 2. The maximum absolute atomic E-state index is 9.63. The average Bonchev–Trinajstić information content (AvgIpc) is 2.37. The van der Waals surface area contributed by atoms with Crippen LogP contribution in [0.15, 0.2) is 27.7 Å². The summed E-state index contributed by atoms with van der Waals surface area (Å²) in [5.74, 6) is 1.52. The van der Waals surface area contributed by atoms with Gasteiger partial charge < -0.3 is 4.42 Å². The van der Waals surface area contributed by atoms with Crippen molar-refractivity contribution >= 4 is 12.2 Å². The molecule has 0 atom stereocenters. The van der Waals surface area contributed by atoms with Crippen molar-refractivity contribution in [2.24, 2.45) is 4.99 Å². The van der Waals surface area contributed by atoms with E-state index in [1.165, 1.54) is 12.3 Å². The van der Waals surface area contributed by atoms with Gasteiger partial charge in [0.05, 0.1) is 0 Å². The highest BCUT2D eigenvalue weighted by Crippen LogP contribution is 2.07. The molecule has 1 aromatic heterocycles. The molecule has 0 aliphatic carbocycles. The van der Waals surface area contributed by atoms with Gasteiger partial charge in [-0.15, -0.1) is 0 Å². The number of hydrogen-bond acceptors (Lipinski definition) is 3. The van der Waals surface area contributed by atoms with Crippen LogP contribution < -0.4 is 0 Å². The monoisotopic (exact) mass is 149 g/mol. The van der Waals surface area contributed by atoms with Gasteiger partial charge in [0.15, 0.2) is 0 Å². The number of furan rings is 1. The molecule has 56 valence electrons. The average molecular weight is 149 g/mol.